The molecule has 0 heterocycles. The second-order valence-electron chi connectivity index (χ2n) is 13.7. The van der Waals surface area contributed by atoms with E-state index in [-0.39, 0.29) is 0 Å². The molecule has 0 nitrogen and oxygen atoms in total. The lowest BCUT2D eigenvalue weighted by molar-refractivity contribution is 0.102. The first-order valence-electron chi connectivity index (χ1n) is 17.3. The second kappa shape index (κ2) is 18.3. The fourth-order valence-corrected chi connectivity index (χ4v) is 8.59. The summed E-state index contributed by atoms with van der Waals surface area (Å²) >= 11 is 0. The third kappa shape index (κ3) is 11.5. The molecular formula is C35H66. The van der Waals surface area contributed by atoms with Gasteiger partial charge in [-0.3, -0.25) is 0 Å². The van der Waals surface area contributed by atoms with Gasteiger partial charge in [-0.05, 0) is 86.9 Å². The standard InChI is InChI=1S/C35H66/c1-3-5-7-9-10-11-13-15-17-31-20-24-33(25-21-31)35-28-26-34(27-29-35)32-22-18-30(19-23-32)16-14-12-8-6-4-2/h30-35H,3-29H2,1-2H3. The molecule has 0 aliphatic heterocycles. The van der Waals surface area contributed by atoms with Gasteiger partial charge in [0, 0.05) is 0 Å². The number of hydrogen-bond acceptors (Lipinski definition) is 0. The van der Waals surface area contributed by atoms with Crippen LogP contribution in [0.5, 0.6) is 0 Å². The van der Waals surface area contributed by atoms with Gasteiger partial charge in [0.15, 0.2) is 0 Å². The van der Waals surface area contributed by atoms with E-state index < -0.39 is 0 Å². The average molecular weight is 487 g/mol. The molecule has 3 aliphatic carbocycles. The van der Waals surface area contributed by atoms with Gasteiger partial charge in [-0.25, -0.2) is 0 Å². The van der Waals surface area contributed by atoms with Gasteiger partial charge in [0.2, 0.25) is 0 Å². The Balaban J connectivity index is 1.19. The van der Waals surface area contributed by atoms with E-state index in [1.807, 2.05) is 0 Å². The van der Waals surface area contributed by atoms with Gasteiger partial charge in [0.25, 0.3) is 0 Å². The molecular weight excluding hydrogens is 420 g/mol. The van der Waals surface area contributed by atoms with Crippen LogP contribution < -0.4 is 0 Å². The van der Waals surface area contributed by atoms with Gasteiger partial charge in [0.1, 0.15) is 0 Å². The molecule has 35 heavy (non-hydrogen) atoms. The van der Waals surface area contributed by atoms with Crippen LogP contribution in [0.25, 0.3) is 0 Å². The Morgan fingerprint density at radius 3 is 0.886 bits per heavy atom. The minimum absolute atomic E-state index is 1.09. The van der Waals surface area contributed by atoms with Crippen LogP contribution >= 0.6 is 0 Å². The fourth-order valence-electron chi connectivity index (χ4n) is 8.59. The molecule has 0 aromatic heterocycles. The van der Waals surface area contributed by atoms with E-state index >= 15 is 0 Å². The molecule has 0 spiro atoms. The van der Waals surface area contributed by atoms with Gasteiger partial charge >= 0.3 is 0 Å². The van der Waals surface area contributed by atoms with E-state index in [9.17, 15) is 0 Å². The second-order valence-corrected chi connectivity index (χ2v) is 13.7. The zero-order valence-corrected chi connectivity index (χ0v) is 24.6. The summed E-state index contributed by atoms with van der Waals surface area (Å²) in [4.78, 5) is 0. The molecule has 0 heteroatoms. The zero-order valence-electron chi connectivity index (χ0n) is 24.6. The highest BCUT2D eigenvalue weighted by Gasteiger charge is 2.34. The van der Waals surface area contributed by atoms with Gasteiger partial charge < -0.3 is 0 Å². The summed E-state index contributed by atoms with van der Waals surface area (Å²) in [5.74, 6) is 6.60. The summed E-state index contributed by atoms with van der Waals surface area (Å²) in [6.07, 6.45) is 41.2. The highest BCUT2D eigenvalue weighted by Crippen LogP contribution is 2.46. The largest absolute Gasteiger partial charge is 0.0654 e. The van der Waals surface area contributed by atoms with Crippen molar-refractivity contribution in [2.75, 3.05) is 0 Å². The Labute approximate surface area is 222 Å². The summed E-state index contributed by atoms with van der Waals surface area (Å²) in [5, 5.41) is 0. The summed E-state index contributed by atoms with van der Waals surface area (Å²) in [7, 11) is 0. The van der Waals surface area contributed by atoms with E-state index in [2.05, 4.69) is 13.8 Å². The van der Waals surface area contributed by atoms with E-state index in [0.717, 1.165) is 35.5 Å². The molecule has 0 N–H and O–H groups in total. The number of rotatable bonds is 17. The third-order valence-corrected chi connectivity index (χ3v) is 11.1. The monoisotopic (exact) mass is 487 g/mol. The molecule has 206 valence electrons. The number of hydrogen-bond donors (Lipinski definition) is 0. The summed E-state index contributed by atoms with van der Waals surface area (Å²) < 4.78 is 0. The van der Waals surface area contributed by atoms with Gasteiger partial charge in [-0.1, -0.05) is 136 Å². The van der Waals surface area contributed by atoms with Crippen molar-refractivity contribution in [1.82, 2.24) is 0 Å². The minimum atomic E-state index is 1.09. The zero-order chi connectivity index (χ0) is 24.6. The maximum absolute atomic E-state index is 2.33. The first-order chi connectivity index (χ1) is 17.3. The first kappa shape index (κ1) is 29.6. The van der Waals surface area contributed by atoms with Crippen molar-refractivity contribution in [1.29, 1.82) is 0 Å². The Bertz CT molecular complexity index is 470. The number of unbranched alkanes of at least 4 members (excludes halogenated alkanes) is 11. The van der Waals surface area contributed by atoms with Crippen LogP contribution in [0.15, 0.2) is 0 Å². The van der Waals surface area contributed by atoms with E-state index in [4.69, 9.17) is 0 Å². The predicted octanol–water partition coefficient (Wildman–Crippen LogP) is 12.3. The van der Waals surface area contributed by atoms with E-state index in [1.54, 1.807) is 89.9 Å². The average Bonchev–Trinajstić information content (AvgIpc) is 2.91. The van der Waals surface area contributed by atoms with Crippen molar-refractivity contribution >= 4 is 0 Å². The molecule has 0 aromatic carbocycles. The first-order valence-corrected chi connectivity index (χ1v) is 17.3. The molecule has 3 fully saturated rings. The van der Waals surface area contributed by atoms with Gasteiger partial charge in [0.05, 0.1) is 0 Å². The van der Waals surface area contributed by atoms with Crippen LogP contribution in [0, 0.1) is 35.5 Å². The molecule has 0 saturated heterocycles. The normalized spacial score (nSPS) is 32.1. The maximum atomic E-state index is 2.33. The minimum Gasteiger partial charge on any atom is -0.0654 e. The van der Waals surface area contributed by atoms with Crippen molar-refractivity contribution in [2.24, 2.45) is 35.5 Å². The molecule has 3 saturated carbocycles. The summed E-state index contributed by atoms with van der Waals surface area (Å²) in [6.45, 7) is 4.65. The lowest BCUT2D eigenvalue weighted by Gasteiger charge is -2.41. The molecule has 0 bridgehead atoms. The van der Waals surface area contributed by atoms with E-state index in [0.29, 0.717) is 0 Å². The fraction of sp³-hybridized carbons (Fsp3) is 1.00. The van der Waals surface area contributed by atoms with Crippen molar-refractivity contribution in [3.05, 3.63) is 0 Å². The Morgan fingerprint density at radius 2 is 0.571 bits per heavy atom. The summed E-state index contributed by atoms with van der Waals surface area (Å²) in [6, 6.07) is 0. The van der Waals surface area contributed by atoms with Crippen molar-refractivity contribution in [3.8, 4) is 0 Å². The molecule has 0 unspecified atom stereocenters. The van der Waals surface area contributed by atoms with E-state index in [1.165, 1.54) is 83.5 Å². The van der Waals surface area contributed by atoms with Crippen LogP contribution in [0.1, 0.15) is 187 Å². The Kier molecular flexibility index (Phi) is 15.4. The topological polar surface area (TPSA) is 0 Å². The van der Waals surface area contributed by atoms with Crippen molar-refractivity contribution in [2.45, 2.75) is 187 Å². The third-order valence-electron chi connectivity index (χ3n) is 11.1. The lowest BCUT2D eigenvalue weighted by Crippen LogP contribution is -2.29. The molecule has 0 aromatic rings. The highest BCUT2D eigenvalue weighted by atomic mass is 14.4. The quantitative estimate of drug-likeness (QED) is 0.179. The predicted molar refractivity (Wildman–Crippen MR) is 157 cm³/mol. The van der Waals surface area contributed by atoms with Crippen molar-refractivity contribution < 1.29 is 0 Å². The van der Waals surface area contributed by atoms with Crippen LogP contribution in [0.2, 0.25) is 0 Å². The van der Waals surface area contributed by atoms with Crippen molar-refractivity contribution in [3.63, 3.8) is 0 Å². The SMILES string of the molecule is CCCCCCCCCCC1CCC(C2CCC(C3CCC(CCCCCCC)CC3)CC2)CC1. The lowest BCUT2D eigenvalue weighted by atomic mass is 9.64. The van der Waals surface area contributed by atoms with Gasteiger partial charge in [-0.2, -0.15) is 0 Å². The van der Waals surface area contributed by atoms with Crippen LogP contribution in [0.3, 0.4) is 0 Å². The molecule has 0 radical (unpaired) electrons. The van der Waals surface area contributed by atoms with Crippen LogP contribution in [-0.2, 0) is 0 Å². The Morgan fingerprint density at radius 1 is 0.314 bits per heavy atom. The molecule has 0 atom stereocenters. The van der Waals surface area contributed by atoms with Gasteiger partial charge in [-0.15, -0.1) is 0 Å². The molecule has 3 rings (SSSR count). The summed E-state index contributed by atoms with van der Waals surface area (Å²) in [5.41, 5.74) is 0. The smallest absolute Gasteiger partial charge is 0.0386 e. The van der Waals surface area contributed by atoms with Crippen LogP contribution in [0.4, 0.5) is 0 Å². The van der Waals surface area contributed by atoms with Crippen LogP contribution in [-0.4, -0.2) is 0 Å². The Hall–Kier alpha value is 0. The highest BCUT2D eigenvalue weighted by molar-refractivity contribution is 4.86. The molecule has 3 aliphatic rings. The molecule has 0 amide bonds. The maximum Gasteiger partial charge on any atom is -0.0386 e.